The van der Waals surface area contributed by atoms with E-state index >= 15 is 0 Å². The van der Waals surface area contributed by atoms with E-state index < -0.39 is 11.9 Å². The Hall–Kier alpha value is -0.360. The van der Waals surface area contributed by atoms with Gasteiger partial charge in [0.1, 0.15) is 0 Å². The second kappa shape index (κ2) is 12.4. The quantitative estimate of drug-likeness (QED) is 0.283. The molecule has 2 N–H and O–H groups in total. The van der Waals surface area contributed by atoms with Gasteiger partial charge < -0.3 is 10.2 Å². The van der Waals surface area contributed by atoms with E-state index in [1.807, 2.05) is 0 Å². The Bertz CT molecular complexity index is 308. The molecule has 0 aromatic heterocycles. The van der Waals surface area contributed by atoms with Crippen molar-refractivity contribution in [3.8, 4) is 0 Å². The van der Waals surface area contributed by atoms with E-state index in [0.29, 0.717) is 25.7 Å². The summed E-state index contributed by atoms with van der Waals surface area (Å²) in [5, 5.41) is 20.2. The molecule has 0 aromatic carbocycles. The van der Waals surface area contributed by atoms with Crippen LogP contribution in [0.5, 0.6) is 0 Å². The van der Waals surface area contributed by atoms with E-state index in [-0.39, 0.29) is 11.1 Å². The summed E-state index contributed by atoms with van der Waals surface area (Å²) >= 11 is 6.64. The lowest BCUT2D eigenvalue weighted by atomic mass is 9.97. The topological polar surface area (TPSA) is 74.6 Å². The van der Waals surface area contributed by atoms with Gasteiger partial charge in [-0.15, -0.1) is 0 Å². The molecule has 0 aliphatic heterocycles. The molecule has 0 amide bonds. The van der Waals surface area contributed by atoms with Crippen LogP contribution in [0.15, 0.2) is 11.1 Å². The number of hydrogen-bond acceptors (Lipinski definition) is 2. The summed E-state index contributed by atoms with van der Waals surface area (Å²) in [5.41, 5.74) is 0.150. The lowest BCUT2D eigenvalue weighted by Crippen LogP contribution is -2.12. The van der Waals surface area contributed by atoms with Crippen molar-refractivity contribution in [2.75, 3.05) is 10.7 Å². The number of unbranched alkanes of at least 4 members (excludes halogenated alkanes) is 4. The van der Waals surface area contributed by atoms with Crippen molar-refractivity contribution in [2.45, 2.75) is 51.4 Å². The van der Waals surface area contributed by atoms with Crippen molar-refractivity contribution in [3.63, 3.8) is 0 Å². The first-order valence-corrected chi connectivity index (χ1v) is 9.09. The zero-order valence-electron chi connectivity index (χ0n) is 11.5. The van der Waals surface area contributed by atoms with Crippen LogP contribution in [0, 0.1) is 0 Å². The Balaban J connectivity index is 4.67. The van der Waals surface area contributed by atoms with Gasteiger partial charge in [0.2, 0.25) is 0 Å². The van der Waals surface area contributed by atoms with Gasteiger partial charge in [-0.25, -0.2) is 9.59 Å². The fourth-order valence-electron chi connectivity index (χ4n) is 1.92. The maximum Gasteiger partial charge on any atom is 0.332 e. The van der Waals surface area contributed by atoms with Gasteiger partial charge in [0.25, 0.3) is 0 Å². The average Bonchev–Trinajstić information content (AvgIpc) is 2.39. The lowest BCUT2D eigenvalue weighted by molar-refractivity contribution is -0.136. The number of carboxylic acid groups (broad SMARTS) is 2. The van der Waals surface area contributed by atoms with E-state index in [1.165, 1.54) is 0 Å². The third-order valence-electron chi connectivity index (χ3n) is 3.00. The molecule has 0 unspecified atom stereocenters. The number of aliphatic carboxylic acids is 2. The van der Waals surface area contributed by atoms with Crippen LogP contribution in [-0.4, -0.2) is 32.8 Å². The van der Waals surface area contributed by atoms with E-state index in [1.54, 1.807) is 0 Å². The molecule has 6 heteroatoms. The minimum Gasteiger partial charge on any atom is -0.478 e. The zero-order chi connectivity index (χ0) is 15.4. The normalized spacial score (nSPS) is 12.1. The minimum absolute atomic E-state index is 0.0749. The summed E-state index contributed by atoms with van der Waals surface area (Å²) < 4.78 is 0. The Morgan fingerprint density at radius 3 is 1.25 bits per heavy atom. The molecule has 0 saturated carbocycles. The Labute approximate surface area is 136 Å². The van der Waals surface area contributed by atoms with Crippen molar-refractivity contribution in [1.29, 1.82) is 0 Å². The molecule has 0 atom stereocenters. The summed E-state index contributed by atoms with van der Waals surface area (Å²) in [6.07, 6.45) is 5.85. The maximum absolute atomic E-state index is 11.3. The van der Waals surface area contributed by atoms with Gasteiger partial charge in [-0.3, -0.25) is 0 Å². The monoisotopic (exact) mass is 412 g/mol. The molecule has 0 saturated heterocycles. The second-order valence-electron chi connectivity index (χ2n) is 4.57. The van der Waals surface area contributed by atoms with Crippen molar-refractivity contribution in [2.24, 2.45) is 0 Å². The highest BCUT2D eigenvalue weighted by Crippen LogP contribution is 2.20. The predicted molar refractivity (Wildman–Crippen MR) is 86.8 cm³/mol. The van der Waals surface area contributed by atoms with Crippen molar-refractivity contribution >= 4 is 43.8 Å². The SMILES string of the molecule is O=C(O)C(CCCCCBr)=C(CCCCCBr)C(=O)O. The van der Waals surface area contributed by atoms with Crippen LogP contribution >= 0.6 is 31.9 Å². The molecule has 0 bridgehead atoms. The van der Waals surface area contributed by atoms with Crippen LogP contribution in [0.25, 0.3) is 0 Å². The van der Waals surface area contributed by atoms with Crippen LogP contribution < -0.4 is 0 Å². The summed E-state index contributed by atoms with van der Waals surface area (Å²) in [6.45, 7) is 0. The summed E-state index contributed by atoms with van der Waals surface area (Å²) in [7, 11) is 0. The number of rotatable bonds is 12. The Kier molecular flexibility index (Phi) is 12.2. The first-order valence-electron chi connectivity index (χ1n) is 6.85. The molecular weight excluding hydrogens is 392 g/mol. The number of halogens is 2. The molecule has 116 valence electrons. The predicted octanol–water partition coefficient (Wildman–Crippen LogP) is 4.36. The molecule has 0 fully saturated rings. The number of hydrogen-bond donors (Lipinski definition) is 2. The average molecular weight is 414 g/mol. The molecule has 0 rings (SSSR count). The fraction of sp³-hybridized carbons (Fsp3) is 0.714. The van der Waals surface area contributed by atoms with Gasteiger partial charge in [0.05, 0.1) is 0 Å². The molecule has 0 spiro atoms. The lowest BCUT2D eigenvalue weighted by Gasteiger charge is -2.09. The highest BCUT2D eigenvalue weighted by molar-refractivity contribution is 9.09. The van der Waals surface area contributed by atoms with Gasteiger partial charge in [0, 0.05) is 21.8 Å². The molecule has 0 aliphatic rings. The first kappa shape index (κ1) is 19.6. The minimum atomic E-state index is -1.10. The van der Waals surface area contributed by atoms with Crippen LogP contribution in [-0.2, 0) is 9.59 Å². The largest absolute Gasteiger partial charge is 0.478 e. The van der Waals surface area contributed by atoms with Gasteiger partial charge in [-0.05, 0) is 38.5 Å². The van der Waals surface area contributed by atoms with Gasteiger partial charge in [-0.1, -0.05) is 44.7 Å². The molecule has 0 radical (unpaired) electrons. The smallest absolute Gasteiger partial charge is 0.332 e. The third kappa shape index (κ3) is 8.74. The Morgan fingerprint density at radius 2 is 1.00 bits per heavy atom. The number of carboxylic acids is 2. The molecule has 20 heavy (non-hydrogen) atoms. The van der Waals surface area contributed by atoms with Crippen LogP contribution in [0.2, 0.25) is 0 Å². The summed E-state index contributed by atoms with van der Waals surface area (Å²) in [5.74, 6) is -2.19. The fourth-order valence-corrected chi connectivity index (χ4v) is 2.71. The molecule has 0 heterocycles. The van der Waals surface area contributed by atoms with Crippen molar-refractivity contribution < 1.29 is 19.8 Å². The van der Waals surface area contributed by atoms with Gasteiger partial charge >= 0.3 is 11.9 Å². The van der Waals surface area contributed by atoms with E-state index in [0.717, 1.165) is 36.3 Å². The highest BCUT2D eigenvalue weighted by atomic mass is 79.9. The number of carbonyl (C=O) groups is 2. The molecule has 4 nitrogen and oxygen atoms in total. The van der Waals surface area contributed by atoms with Crippen molar-refractivity contribution in [3.05, 3.63) is 11.1 Å². The van der Waals surface area contributed by atoms with E-state index in [2.05, 4.69) is 31.9 Å². The molecule has 0 aliphatic carbocycles. The standard InChI is InChI=1S/C14H22Br2O4/c15-9-5-1-3-7-11(13(17)18)12(14(19)20)8-4-2-6-10-16/h1-10H2,(H,17,18)(H,19,20). The second-order valence-corrected chi connectivity index (χ2v) is 6.15. The van der Waals surface area contributed by atoms with Crippen LogP contribution in [0.1, 0.15) is 51.4 Å². The van der Waals surface area contributed by atoms with Crippen molar-refractivity contribution in [1.82, 2.24) is 0 Å². The highest BCUT2D eigenvalue weighted by Gasteiger charge is 2.19. The van der Waals surface area contributed by atoms with Gasteiger partial charge in [-0.2, -0.15) is 0 Å². The molecule has 0 aromatic rings. The van der Waals surface area contributed by atoms with Gasteiger partial charge in [0.15, 0.2) is 0 Å². The van der Waals surface area contributed by atoms with E-state index in [4.69, 9.17) is 0 Å². The summed E-state index contributed by atoms with van der Waals surface area (Å²) in [6, 6.07) is 0. The Morgan fingerprint density at radius 1 is 0.650 bits per heavy atom. The molecular formula is C14H22Br2O4. The maximum atomic E-state index is 11.3. The van der Waals surface area contributed by atoms with Crippen LogP contribution in [0.4, 0.5) is 0 Å². The van der Waals surface area contributed by atoms with E-state index in [9.17, 15) is 19.8 Å². The third-order valence-corrected chi connectivity index (χ3v) is 4.12. The zero-order valence-corrected chi connectivity index (χ0v) is 14.7. The summed E-state index contributed by atoms with van der Waals surface area (Å²) in [4.78, 5) is 22.5. The number of alkyl halides is 2. The first-order chi connectivity index (χ1) is 9.54. The van der Waals surface area contributed by atoms with Crippen LogP contribution in [0.3, 0.4) is 0 Å².